The number of aryl methyl sites for hydroxylation is 2. The number of aliphatic hydroxyl groups is 1. The largest absolute Gasteiger partial charge is 0.481 e. The summed E-state index contributed by atoms with van der Waals surface area (Å²) in [6.07, 6.45) is -0.261. The van der Waals surface area contributed by atoms with E-state index in [1.807, 2.05) is 42.5 Å². The van der Waals surface area contributed by atoms with Gasteiger partial charge in [-0.25, -0.2) is 0 Å². The van der Waals surface area contributed by atoms with Crippen LogP contribution in [0, 0.1) is 19.8 Å². The molecule has 3 rings (SSSR count). The van der Waals surface area contributed by atoms with Crippen LogP contribution in [0.15, 0.2) is 42.5 Å². The Kier molecular flexibility index (Phi) is 5.59. The second kappa shape index (κ2) is 7.89. The molecular weight excluding hydrogens is 330 g/mol. The van der Waals surface area contributed by atoms with Gasteiger partial charge in [0.25, 0.3) is 0 Å². The second-order valence-corrected chi connectivity index (χ2v) is 7.03. The van der Waals surface area contributed by atoms with E-state index in [4.69, 9.17) is 4.74 Å². The molecule has 2 aromatic rings. The first-order valence-corrected chi connectivity index (χ1v) is 8.89. The number of ether oxygens (including phenoxy) is 1. The Morgan fingerprint density at radius 1 is 1.12 bits per heavy atom. The van der Waals surface area contributed by atoms with Gasteiger partial charge in [-0.15, -0.1) is 0 Å². The summed E-state index contributed by atoms with van der Waals surface area (Å²) in [5.41, 5.74) is 3.52. The fourth-order valence-corrected chi connectivity index (χ4v) is 3.23. The van der Waals surface area contributed by atoms with Crippen molar-refractivity contribution in [3.63, 3.8) is 0 Å². The second-order valence-electron chi connectivity index (χ2n) is 7.03. The first-order chi connectivity index (χ1) is 12.4. The molecule has 26 heavy (non-hydrogen) atoms. The van der Waals surface area contributed by atoms with Crippen LogP contribution in [0.1, 0.15) is 23.1 Å². The number of carboxylic acid groups (broad SMARTS) is 1. The smallest absolute Gasteiger partial charge is 0.310 e. The Morgan fingerprint density at radius 2 is 1.81 bits per heavy atom. The molecule has 1 aliphatic heterocycles. The van der Waals surface area contributed by atoms with Gasteiger partial charge in [-0.2, -0.15) is 0 Å². The number of aliphatic carboxylic acids is 1. The van der Waals surface area contributed by atoms with Crippen LogP contribution >= 0.6 is 0 Å². The van der Waals surface area contributed by atoms with Crippen LogP contribution in [0.25, 0.3) is 0 Å². The van der Waals surface area contributed by atoms with Crippen LogP contribution in [0.2, 0.25) is 0 Å². The number of hydrogen-bond donors (Lipinski definition) is 2. The lowest BCUT2D eigenvalue weighted by Crippen LogP contribution is -2.46. The first-order valence-electron chi connectivity index (χ1n) is 8.89. The predicted molar refractivity (Wildman–Crippen MR) is 99.5 cm³/mol. The van der Waals surface area contributed by atoms with E-state index in [0.29, 0.717) is 26.1 Å². The highest BCUT2D eigenvalue weighted by Gasteiger charge is 2.32. The number of piperidine rings is 1. The third-order valence-corrected chi connectivity index (χ3v) is 5.02. The molecule has 0 amide bonds. The molecule has 1 aliphatic rings. The number of likely N-dealkylation sites (tertiary alicyclic amines) is 1. The summed E-state index contributed by atoms with van der Waals surface area (Å²) < 4.78 is 5.90. The molecular formula is C21H25NO4. The van der Waals surface area contributed by atoms with E-state index in [1.54, 1.807) is 0 Å². The minimum Gasteiger partial charge on any atom is -0.481 e. The highest BCUT2D eigenvalue weighted by Crippen LogP contribution is 2.25. The Hall–Kier alpha value is -2.37. The zero-order chi connectivity index (χ0) is 18.7. The topological polar surface area (TPSA) is 70.0 Å². The summed E-state index contributed by atoms with van der Waals surface area (Å²) >= 11 is 0. The molecule has 1 saturated heterocycles. The van der Waals surface area contributed by atoms with Crippen LogP contribution in [0.4, 0.5) is 0 Å². The van der Waals surface area contributed by atoms with Gasteiger partial charge in [0.2, 0.25) is 0 Å². The Labute approximate surface area is 153 Å². The average Bonchev–Trinajstić information content (AvgIpc) is 2.61. The Balaban J connectivity index is 1.61. The van der Waals surface area contributed by atoms with E-state index in [-0.39, 0.29) is 0 Å². The van der Waals surface area contributed by atoms with Gasteiger partial charge < -0.3 is 14.9 Å². The number of carbonyl (C=O) groups is 1. The van der Waals surface area contributed by atoms with Crippen LogP contribution in [-0.4, -0.2) is 40.3 Å². The number of aliphatic hydroxyl groups excluding tert-OH is 1. The molecule has 1 heterocycles. The van der Waals surface area contributed by atoms with Crippen molar-refractivity contribution in [1.82, 2.24) is 4.90 Å². The van der Waals surface area contributed by atoms with Crippen molar-refractivity contribution in [2.45, 2.75) is 32.9 Å². The van der Waals surface area contributed by atoms with Crippen molar-refractivity contribution in [3.05, 3.63) is 59.2 Å². The van der Waals surface area contributed by atoms with Gasteiger partial charge in [0.1, 0.15) is 11.5 Å². The molecule has 0 bridgehead atoms. The van der Waals surface area contributed by atoms with E-state index in [9.17, 15) is 15.0 Å². The molecule has 2 atom stereocenters. The van der Waals surface area contributed by atoms with Crippen LogP contribution < -0.4 is 4.74 Å². The third-order valence-electron chi connectivity index (χ3n) is 5.02. The maximum Gasteiger partial charge on any atom is 0.310 e. The Morgan fingerprint density at radius 3 is 2.46 bits per heavy atom. The van der Waals surface area contributed by atoms with Crippen molar-refractivity contribution in [3.8, 4) is 11.5 Å². The van der Waals surface area contributed by atoms with Gasteiger partial charge in [0.15, 0.2) is 0 Å². The molecule has 0 unspecified atom stereocenters. The van der Waals surface area contributed by atoms with Crippen molar-refractivity contribution in [1.29, 1.82) is 0 Å². The predicted octanol–water partition coefficient (Wildman–Crippen LogP) is 3.36. The first kappa shape index (κ1) is 18.4. The quantitative estimate of drug-likeness (QED) is 0.861. The highest BCUT2D eigenvalue weighted by atomic mass is 16.5. The van der Waals surface area contributed by atoms with Gasteiger partial charge in [-0.05, 0) is 61.2 Å². The summed E-state index contributed by atoms with van der Waals surface area (Å²) in [5.74, 6) is -0.0554. The summed E-state index contributed by atoms with van der Waals surface area (Å²) in [7, 11) is 0. The third kappa shape index (κ3) is 4.42. The van der Waals surface area contributed by atoms with E-state index in [2.05, 4.69) is 18.7 Å². The number of benzene rings is 2. The maximum atomic E-state index is 11.2. The highest BCUT2D eigenvalue weighted by molar-refractivity contribution is 5.71. The number of nitrogens with zero attached hydrogens (tertiary/aromatic N) is 1. The minimum atomic E-state index is -0.931. The van der Waals surface area contributed by atoms with E-state index >= 15 is 0 Å². The standard InChI is InChI=1S/C21H25NO4/c1-14-3-6-18(11-15(14)2)26-17-7-4-16(5-8-17)12-22-10-9-20(23)19(13-22)21(24)25/h3-8,11,19-20,23H,9-10,12-13H2,1-2H3,(H,24,25)/t19-,20-/m0/s1. The molecule has 1 fully saturated rings. The SMILES string of the molecule is Cc1ccc(Oc2ccc(CN3CC[C@H](O)[C@@H](C(=O)O)C3)cc2)cc1C. The molecule has 0 aromatic heterocycles. The van der Waals surface area contributed by atoms with E-state index < -0.39 is 18.0 Å². The number of rotatable bonds is 5. The van der Waals surface area contributed by atoms with Gasteiger partial charge in [-0.3, -0.25) is 9.69 Å². The monoisotopic (exact) mass is 355 g/mol. The van der Waals surface area contributed by atoms with Crippen LogP contribution in [0.5, 0.6) is 11.5 Å². The number of carboxylic acids is 1. The van der Waals surface area contributed by atoms with E-state index in [0.717, 1.165) is 17.1 Å². The van der Waals surface area contributed by atoms with E-state index in [1.165, 1.54) is 11.1 Å². The lowest BCUT2D eigenvalue weighted by molar-refractivity contribution is -0.149. The van der Waals surface area contributed by atoms with Crippen LogP contribution in [0.3, 0.4) is 0 Å². The molecule has 5 nitrogen and oxygen atoms in total. The molecule has 0 radical (unpaired) electrons. The molecule has 0 saturated carbocycles. The summed E-state index contributed by atoms with van der Waals surface area (Å²) in [6, 6.07) is 13.9. The number of hydrogen-bond acceptors (Lipinski definition) is 4. The van der Waals surface area contributed by atoms with Gasteiger partial charge in [-0.1, -0.05) is 18.2 Å². The zero-order valence-corrected chi connectivity index (χ0v) is 15.2. The fourth-order valence-electron chi connectivity index (χ4n) is 3.23. The molecule has 5 heteroatoms. The van der Waals surface area contributed by atoms with Gasteiger partial charge in [0, 0.05) is 19.6 Å². The van der Waals surface area contributed by atoms with Crippen molar-refractivity contribution < 1.29 is 19.7 Å². The fraction of sp³-hybridized carbons (Fsp3) is 0.381. The average molecular weight is 355 g/mol. The summed E-state index contributed by atoms with van der Waals surface area (Å²) in [4.78, 5) is 13.3. The van der Waals surface area contributed by atoms with Crippen LogP contribution in [-0.2, 0) is 11.3 Å². The molecule has 2 aromatic carbocycles. The molecule has 0 spiro atoms. The van der Waals surface area contributed by atoms with Gasteiger partial charge >= 0.3 is 5.97 Å². The lowest BCUT2D eigenvalue weighted by atomic mass is 9.94. The summed E-state index contributed by atoms with van der Waals surface area (Å²) in [6.45, 7) is 5.87. The Bertz CT molecular complexity index is 772. The molecule has 0 aliphatic carbocycles. The molecule has 2 N–H and O–H groups in total. The lowest BCUT2D eigenvalue weighted by Gasteiger charge is -2.34. The zero-order valence-electron chi connectivity index (χ0n) is 15.2. The minimum absolute atomic E-state index is 0.372. The van der Waals surface area contributed by atoms with Crippen molar-refractivity contribution in [2.75, 3.05) is 13.1 Å². The molecule has 138 valence electrons. The van der Waals surface area contributed by atoms with Crippen molar-refractivity contribution in [2.24, 2.45) is 5.92 Å². The van der Waals surface area contributed by atoms with Gasteiger partial charge in [0.05, 0.1) is 12.0 Å². The van der Waals surface area contributed by atoms with Crippen molar-refractivity contribution >= 4 is 5.97 Å². The maximum absolute atomic E-state index is 11.2. The normalized spacial score (nSPS) is 20.7. The summed E-state index contributed by atoms with van der Waals surface area (Å²) in [5, 5.41) is 19.0.